The summed E-state index contributed by atoms with van der Waals surface area (Å²) in [4.78, 5) is 0. The minimum absolute atomic E-state index is 0.391. The lowest BCUT2D eigenvalue weighted by Gasteiger charge is -2.24. The maximum atomic E-state index is 5.50. The number of nitrogens with one attached hydrogen (secondary N) is 1. The van der Waals surface area contributed by atoms with E-state index in [2.05, 4.69) is 31.2 Å². The molecule has 1 unspecified atom stereocenters. The van der Waals surface area contributed by atoms with Gasteiger partial charge in [-0.1, -0.05) is 26.1 Å². The quantitative estimate of drug-likeness (QED) is 0.553. The molecule has 1 aliphatic rings. The van der Waals surface area contributed by atoms with E-state index >= 15 is 0 Å². The van der Waals surface area contributed by atoms with E-state index in [1.54, 1.807) is 0 Å². The van der Waals surface area contributed by atoms with Crippen molar-refractivity contribution in [1.29, 1.82) is 0 Å². The fourth-order valence-electron chi connectivity index (χ4n) is 1.06. The van der Waals surface area contributed by atoms with Crippen molar-refractivity contribution in [2.45, 2.75) is 26.8 Å². The fraction of sp³-hybridized carbons (Fsp3) is 1.00. The van der Waals surface area contributed by atoms with Crippen LogP contribution >= 0.6 is 19.3 Å². The molecule has 12 heavy (non-hydrogen) atoms. The van der Waals surface area contributed by atoms with Gasteiger partial charge in [-0.2, -0.15) is 0 Å². The average Bonchev–Trinajstić information content (AvgIpc) is 2.33. The van der Waals surface area contributed by atoms with Crippen molar-refractivity contribution >= 4 is 19.3 Å². The van der Waals surface area contributed by atoms with E-state index in [1.807, 2.05) is 6.92 Å². The van der Waals surface area contributed by atoms with Gasteiger partial charge in [0.05, 0.1) is 13.2 Å². The van der Waals surface area contributed by atoms with Crippen molar-refractivity contribution in [1.82, 2.24) is 5.09 Å². The van der Waals surface area contributed by atoms with Crippen LogP contribution in [0.1, 0.15) is 20.8 Å². The first-order chi connectivity index (χ1) is 5.57. The number of hydrogen-bond donors (Lipinski definition) is 2. The van der Waals surface area contributed by atoms with Crippen LogP contribution in [0.2, 0.25) is 0 Å². The van der Waals surface area contributed by atoms with Gasteiger partial charge >= 0.3 is 0 Å². The Labute approximate surface area is 79.9 Å². The lowest BCUT2D eigenvalue weighted by Crippen LogP contribution is -2.28. The molecule has 1 rings (SSSR count). The first-order valence-corrected chi connectivity index (χ1v) is 7.04. The highest BCUT2D eigenvalue weighted by Gasteiger charge is 2.37. The Morgan fingerprint density at radius 1 is 1.75 bits per heavy atom. The van der Waals surface area contributed by atoms with E-state index in [4.69, 9.17) is 9.05 Å². The van der Waals surface area contributed by atoms with Crippen LogP contribution in [0.25, 0.3) is 0 Å². The van der Waals surface area contributed by atoms with Crippen molar-refractivity contribution in [3.63, 3.8) is 0 Å². The highest BCUT2D eigenvalue weighted by molar-refractivity contribution is 8.48. The van der Waals surface area contributed by atoms with Crippen LogP contribution in [0.5, 0.6) is 0 Å². The largest absolute Gasteiger partial charge is 0.322 e. The van der Waals surface area contributed by atoms with Crippen molar-refractivity contribution in [3.05, 3.63) is 0 Å². The Morgan fingerprint density at radius 2 is 2.42 bits per heavy atom. The maximum absolute atomic E-state index is 5.50. The van der Waals surface area contributed by atoms with Gasteiger partial charge in [0.1, 0.15) is 0 Å². The summed E-state index contributed by atoms with van der Waals surface area (Å²) < 4.78 is 10.9. The molecule has 3 nitrogen and oxygen atoms in total. The first-order valence-electron chi connectivity index (χ1n) is 4.26. The second kappa shape index (κ2) is 4.25. The lowest BCUT2D eigenvalue weighted by molar-refractivity contribution is 0.268. The van der Waals surface area contributed by atoms with Crippen LogP contribution in [0.4, 0.5) is 0 Å². The Balaban J connectivity index is 2.43. The summed E-state index contributed by atoms with van der Waals surface area (Å²) in [7, 11) is -1.99. The molecule has 1 N–H and O–H groups in total. The first kappa shape index (κ1) is 10.7. The third-order valence-electron chi connectivity index (χ3n) is 1.87. The van der Waals surface area contributed by atoms with E-state index in [-0.39, 0.29) is 0 Å². The van der Waals surface area contributed by atoms with E-state index in [0.29, 0.717) is 18.6 Å². The van der Waals surface area contributed by atoms with Gasteiger partial charge in [0.15, 0.2) is 0 Å². The molecule has 0 bridgehead atoms. The summed E-state index contributed by atoms with van der Waals surface area (Å²) in [6.07, 6.45) is 0. The van der Waals surface area contributed by atoms with Gasteiger partial charge in [0.25, 0.3) is 0 Å². The number of rotatable bonds is 3. The predicted molar refractivity (Wildman–Crippen MR) is 55.2 cm³/mol. The summed E-state index contributed by atoms with van der Waals surface area (Å²) in [6.45, 7) is 7.64. The van der Waals surface area contributed by atoms with E-state index in [9.17, 15) is 0 Å². The highest BCUT2D eigenvalue weighted by atomic mass is 32.7. The summed E-state index contributed by atoms with van der Waals surface area (Å²) in [6, 6.07) is 0.391. The maximum Gasteiger partial charge on any atom is 0.226 e. The molecule has 1 radical (unpaired) electrons. The third-order valence-corrected chi connectivity index (χ3v) is 4.67. The van der Waals surface area contributed by atoms with Crippen LogP contribution in [0.3, 0.4) is 0 Å². The molecule has 0 aliphatic carbocycles. The molecule has 0 aromatic heterocycles. The topological polar surface area (TPSA) is 30.5 Å². The van der Waals surface area contributed by atoms with E-state index < -0.39 is 7.07 Å². The van der Waals surface area contributed by atoms with Crippen molar-refractivity contribution < 1.29 is 9.05 Å². The van der Waals surface area contributed by atoms with Gasteiger partial charge in [-0.3, -0.25) is 0 Å². The average molecular weight is 210 g/mol. The van der Waals surface area contributed by atoms with Gasteiger partial charge in [0, 0.05) is 6.04 Å². The zero-order valence-electron chi connectivity index (χ0n) is 7.78. The standard InChI is InChI=1S/C7H17NO2PS/c1-4-9-11(12)8-7(5-10-11)6(2)3/h6-8,12H,4-5H2,1-3H3/t7-/m1/s1. The lowest BCUT2D eigenvalue weighted by atomic mass is 10.1. The van der Waals surface area contributed by atoms with Gasteiger partial charge < -0.3 is 9.05 Å². The molecule has 2 atom stereocenters. The molecule has 1 fully saturated rings. The molecule has 0 aromatic rings. The van der Waals surface area contributed by atoms with Gasteiger partial charge in [-0.25, -0.2) is 5.09 Å². The second-order valence-corrected chi connectivity index (χ2v) is 6.61. The second-order valence-electron chi connectivity index (χ2n) is 3.21. The Bertz CT molecular complexity index is 158. The summed E-state index contributed by atoms with van der Waals surface area (Å²) >= 11 is 4.37. The molecular formula is C7H17NO2PS. The molecule has 0 aromatic carbocycles. The van der Waals surface area contributed by atoms with Crippen molar-refractivity contribution in [2.24, 2.45) is 5.92 Å². The van der Waals surface area contributed by atoms with E-state index in [1.165, 1.54) is 0 Å². The number of hydrogen-bond acceptors (Lipinski definition) is 4. The Morgan fingerprint density at radius 3 is 2.83 bits per heavy atom. The molecule has 0 spiro atoms. The van der Waals surface area contributed by atoms with Gasteiger partial charge in [-0.15, -0.1) is 0 Å². The van der Waals surface area contributed by atoms with Crippen molar-refractivity contribution in [3.8, 4) is 0 Å². The van der Waals surface area contributed by atoms with Gasteiger partial charge in [-0.05, 0) is 12.8 Å². The third kappa shape index (κ3) is 2.57. The normalized spacial score (nSPS) is 36.2. The van der Waals surface area contributed by atoms with Crippen LogP contribution in [0, 0.1) is 5.92 Å². The summed E-state index contributed by atoms with van der Waals surface area (Å²) in [5, 5.41) is 3.30. The van der Waals surface area contributed by atoms with Gasteiger partial charge in [0.2, 0.25) is 7.07 Å². The molecule has 5 heteroatoms. The SMILES string of the molecule is CCO[P]1(S)N[C@@H](C(C)C)CO1. The van der Waals surface area contributed by atoms with Crippen molar-refractivity contribution in [2.75, 3.05) is 13.2 Å². The Hall–Kier alpha value is 0.660. The molecule has 1 aliphatic heterocycles. The molecule has 1 saturated heterocycles. The van der Waals surface area contributed by atoms with Crippen LogP contribution < -0.4 is 5.09 Å². The predicted octanol–water partition coefficient (Wildman–Crippen LogP) is 2.27. The molecule has 0 saturated carbocycles. The van der Waals surface area contributed by atoms with E-state index in [0.717, 1.165) is 6.61 Å². The highest BCUT2D eigenvalue weighted by Crippen LogP contribution is 2.65. The van der Waals surface area contributed by atoms with Crippen LogP contribution in [-0.2, 0) is 9.05 Å². The molecule has 73 valence electrons. The number of thiol groups is 1. The van der Waals surface area contributed by atoms with Crippen LogP contribution in [0.15, 0.2) is 0 Å². The molecule has 0 amide bonds. The molecule has 1 heterocycles. The fourth-order valence-corrected chi connectivity index (χ4v) is 3.78. The zero-order chi connectivity index (χ0) is 9.19. The zero-order valence-corrected chi connectivity index (χ0v) is 9.57. The van der Waals surface area contributed by atoms with Crippen LogP contribution in [-0.4, -0.2) is 19.3 Å². The summed E-state index contributed by atoms with van der Waals surface area (Å²) in [5.41, 5.74) is 0. The Kier molecular flexibility index (Phi) is 3.80. The minimum atomic E-state index is -1.99. The minimum Gasteiger partial charge on any atom is -0.322 e. The summed E-state index contributed by atoms with van der Waals surface area (Å²) in [5.74, 6) is 0.569. The molecular weight excluding hydrogens is 193 g/mol. The smallest absolute Gasteiger partial charge is 0.226 e. The monoisotopic (exact) mass is 210 g/mol.